The molecular formula is C10H20O2. The van der Waals surface area contributed by atoms with E-state index < -0.39 is 0 Å². The number of ether oxygens (including phenoxy) is 1. The predicted molar refractivity (Wildman–Crippen MR) is 50.2 cm³/mol. The maximum Gasteiger partial charge on any atom is 0.161 e. The summed E-state index contributed by atoms with van der Waals surface area (Å²) in [5.74, 6) is 0.177. The molecule has 0 heterocycles. The van der Waals surface area contributed by atoms with Crippen LogP contribution in [-0.2, 0) is 9.53 Å². The Kier molecular flexibility index (Phi) is 4.46. The van der Waals surface area contributed by atoms with E-state index in [9.17, 15) is 4.79 Å². The van der Waals surface area contributed by atoms with Gasteiger partial charge in [0, 0.05) is 6.42 Å². The molecule has 0 aromatic heterocycles. The summed E-state index contributed by atoms with van der Waals surface area (Å²) in [7, 11) is 0. The van der Waals surface area contributed by atoms with Gasteiger partial charge in [0.2, 0.25) is 0 Å². The Morgan fingerprint density at radius 3 is 2.25 bits per heavy atom. The summed E-state index contributed by atoms with van der Waals surface area (Å²) in [6.45, 7) is 9.76. The summed E-state index contributed by atoms with van der Waals surface area (Å²) < 4.78 is 5.59. The highest BCUT2D eigenvalue weighted by Crippen LogP contribution is 2.16. The Morgan fingerprint density at radius 2 is 1.92 bits per heavy atom. The number of hydrogen-bond acceptors (Lipinski definition) is 2. The van der Waals surface area contributed by atoms with Crippen LogP contribution in [0, 0.1) is 0 Å². The fourth-order valence-corrected chi connectivity index (χ4v) is 0.915. The van der Waals surface area contributed by atoms with Gasteiger partial charge in [0.25, 0.3) is 0 Å². The summed E-state index contributed by atoms with van der Waals surface area (Å²) in [5, 5.41) is 0. The van der Waals surface area contributed by atoms with Crippen molar-refractivity contribution in [3.63, 3.8) is 0 Å². The predicted octanol–water partition coefficient (Wildman–Crippen LogP) is 2.56. The molecule has 0 saturated carbocycles. The zero-order chi connectivity index (χ0) is 9.78. The van der Waals surface area contributed by atoms with E-state index >= 15 is 0 Å². The van der Waals surface area contributed by atoms with Crippen LogP contribution in [0.4, 0.5) is 0 Å². The lowest BCUT2D eigenvalue weighted by molar-refractivity contribution is -0.139. The molecule has 0 saturated heterocycles. The monoisotopic (exact) mass is 172 g/mol. The Morgan fingerprint density at radius 1 is 1.42 bits per heavy atom. The molecule has 0 aliphatic rings. The van der Waals surface area contributed by atoms with Gasteiger partial charge in [0.15, 0.2) is 5.78 Å². The van der Waals surface area contributed by atoms with Crippen molar-refractivity contribution < 1.29 is 9.53 Å². The largest absolute Gasteiger partial charge is 0.365 e. The molecule has 2 heteroatoms. The molecule has 12 heavy (non-hydrogen) atoms. The second-order valence-corrected chi connectivity index (χ2v) is 3.69. The molecule has 1 unspecified atom stereocenters. The molecule has 72 valence electrons. The third-order valence-corrected chi connectivity index (χ3v) is 2.15. The van der Waals surface area contributed by atoms with E-state index in [1.165, 1.54) is 0 Å². The summed E-state index contributed by atoms with van der Waals surface area (Å²) in [6, 6.07) is 0. The first kappa shape index (κ1) is 11.6. The van der Waals surface area contributed by atoms with Gasteiger partial charge in [-0.05, 0) is 27.2 Å². The zero-order valence-electron chi connectivity index (χ0n) is 8.81. The average Bonchev–Trinajstić information content (AvgIpc) is 2.02. The Labute approximate surface area is 75.3 Å². The zero-order valence-corrected chi connectivity index (χ0v) is 8.81. The van der Waals surface area contributed by atoms with Crippen molar-refractivity contribution in [2.75, 3.05) is 0 Å². The van der Waals surface area contributed by atoms with Crippen molar-refractivity contribution in [2.24, 2.45) is 0 Å². The second-order valence-electron chi connectivity index (χ2n) is 3.69. The van der Waals surface area contributed by atoms with Crippen LogP contribution < -0.4 is 0 Å². The van der Waals surface area contributed by atoms with Crippen molar-refractivity contribution in [1.82, 2.24) is 0 Å². The molecule has 0 rings (SSSR count). The van der Waals surface area contributed by atoms with Crippen LogP contribution in [0.25, 0.3) is 0 Å². The topological polar surface area (TPSA) is 26.3 Å². The summed E-state index contributed by atoms with van der Waals surface area (Å²) in [4.78, 5) is 11.2. The van der Waals surface area contributed by atoms with Gasteiger partial charge in [-0.2, -0.15) is 0 Å². The minimum atomic E-state index is -0.259. The Hall–Kier alpha value is -0.370. The van der Waals surface area contributed by atoms with Crippen molar-refractivity contribution in [2.45, 2.75) is 59.2 Å². The van der Waals surface area contributed by atoms with E-state index in [1.54, 1.807) is 0 Å². The van der Waals surface area contributed by atoms with Crippen molar-refractivity contribution in [3.05, 3.63) is 0 Å². The summed E-state index contributed by atoms with van der Waals surface area (Å²) >= 11 is 0. The molecule has 0 bridgehead atoms. The van der Waals surface area contributed by atoms with E-state index in [4.69, 9.17) is 4.74 Å². The summed E-state index contributed by atoms with van der Waals surface area (Å²) in [5.41, 5.74) is -0.176. The number of carbonyl (C=O) groups excluding carboxylic acids is 1. The lowest BCUT2D eigenvalue weighted by Crippen LogP contribution is -2.32. The normalized spacial score (nSPS) is 14.4. The molecule has 2 nitrogen and oxygen atoms in total. The molecule has 0 amide bonds. The van der Waals surface area contributed by atoms with Crippen LogP contribution in [0.5, 0.6) is 0 Å². The number of ketones is 1. The van der Waals surface area contributed by atoms with E-state index in [0.29, 0.717) is 6.42 Å². The first-order chi connectivity index (χ1) is 5.43. The van der Waals surface area contributed by atoms with Gasteiger partial charge in [-0.1, -0.05) is 13.8 Å². The highest BCUT2D eigenvalue weighted by Gasteiger charge is 2.22. The Balaban J connectivity index is 3.99. The van der Waals surface area contributed by atoms with Gasteiger partial charge in [-0.3, -0.25) is 4.79 Å². The van der Waals surface area contributed by atoms with E-state index in [1.807, 2.05) is 27.7 Å². The Bertz CT molecular complexity index is 150. The molecule has 0 aliphatic heterocycles. The quantitative estimate of drug-likeness (QED) is 0.637. The molecule has 0 aromatic rings. The molecular weight excluding hydrogens is 152 g/mol. The maximum absolute atomic E-state index is 11.2. The summed E-state index contributed by atoms with van der Waals surface area (Å²) in [6.07, 6.45) is 1.22. The van der Waals surface area contributed by atoms with E-state index in [0.717, 1.165) is 6.42 Å². The molecule has 0 aromatic carbocycles. The van der Waals surface area contributed by atoms with E-state index in [2.05, 4.69) is 6.92 Å². The minimum absolute atomic E-state index is 0.176. The van der Waals surface area contributed by atoms with Crippen molar-refractivity contribution in [1.29, 1.82) is 0 Å². The number of rotatable bonds is 5. The van der Waals surface area contributed by atoms with Gasteiger partial charge in [0.1, 0.15) is 6.10 Å². The maximum atomic E-state index is 11.2. The van der Waals surface area contributed by atoms with Crippen molar-refractivity contribution >= 4 is 5.78 Å². The lowest BCUT2D eigenvalue weighted by Gasteiger charge is -2.27. The van der Waals surface area contributed by atoms with Crippen LogP contribution in [0.3, 0.4) is 0 Å². The van der Waals surface area contributed by atoms with Gasteiger partial charge < -0.3 is 4.74 Å². The smallest absolute Gasteiger partial charge is 0.161 e. The third-order valence-electron chi connectivity index (χ3n) is 2.15. The average molecular weight is 172 g/mol. The first-order valence-corrected chi connectivity index (χ1v) is 4.63. The number of hydrogen-bond donors (Lipinski definition) is 0. The molecule has 0 N–H and O–H groups in total. The highest BCUT2D eigenvalue weighted by molar-refractivity contribution is 5.82. The van der Waals surface area contributed by atoms with Crippen molar-refractivity contribution in [3.8, 4) is 0 Å². The van der Waals surface area contributed by atoms with Gasteiger partial charge >= 0.3 is 0 Å². The molecule has 0 aliphatic carbocycles. The fraction of sp³-hybridized carbons (Fsp3) is 0.900. The second kappa shape index (κ2) is 4.61. The molecule has 0 spiro atoms. The highest BCUT2D eigenvalue weighted by atomic mass is 16.5. The van der Waals surface area contributed by atoms with E-state index in [-0.39, 0.29) is 17.5 Å². The van der Waals surface area contributed by atoms with Crippen LogP contribution in [0.2, 0.25) is 0 Å². The SMILES string of the molecule is CCC(=O)C(C)OC(C)(C)CC. The molecule has 0 fully saturated rings. The first-order valence-electron chi connectivity index (χ1n) is 4.63. The van der Waals surface area contributed by atoms with Crippen LogP contribution >= 0.6 is 0 Å². The lowest BCUT2D eigenvalue weighted by atomic mass is 10.1. The van der Waals surface area contributed by atoms with Crippen LogP contribution in [0.1, 0.15) is 47.5 Å². The molecule has 0 radical (unpaired) electrons. The van der Waals surface area contributed by atoms with Gasteiger partial charge in [-0.15, -0.1) is 0 Å². The van der Waals surface area contributed by atoms with Crippen LogP contribution in [-0.4, -0.2) is 17.5 Å². The standard InChI is InChI=1S/C10H20O2/c1-6-9(11)8(3)12-10(4,5)7-2/h8H,6-7H2,1-5H3. The van der Waals surface area contributed by atoms with Gasteiger partial charge in [0.05, 0.1) is 5.60 Å². The third kappa shape index (κ3) is 3.86. The van der Waals surface area contributed by atoms with Gasteiger partial charge in [-0.25, -0.2) is 0 Å². The van der Waals surface area contributed by atoms with Crippen LogP contribution in [0.15, 0.2) is 0 Å². The molecule has 1 atom stereocenters. The number of carbonyl (C=O) groups is 1. The minimum Gasteiger partial charge on any atom is -0.365 e. The number of Topliss-reactive ketones (excluding diaryl/α,β-unsaturated/α-hetero) is 1. The fourth-order valence-electron chi connectivity index (χ4n) is 0.915.